The summed E-state index contributed by atoms with van der Waals surface area (Å²) in [6, 6.07) is 11.0. The van der Waals surface area contributed by atoms with Gasteiger partial charge in [-0.15, -0.1) is 0 Å². The largest absolute Gasteiger partial charge is 0.457 e. The van der Waals surface area contributed by atoms with Gasteiger partial charge in [-0.3, -0.25) is 4.79 Å². The minimum atomic E-state index is -3.77. The summed E-state index contributed by atoms with van der Waals surface area (Å²) in [5.74, 6) is 0.298. The average molecular weight is 401 g/mol. The van der Waals surface area contributed by atoms with Crippen molar-refractivity contribution >= 4 is 22.0 Å². The van der Waals surface area contributed by atoms with Crippen LogP contribution in [-0.4, -0.2) is 33.6 Å². The SMILES string of the molecule is N#C/C(=C/c1ccc(-c2ccc(S(N)(=O)=O)cc2)o1)C(=O)NC[C@H]1CCCO1. The molecule has 1 saturated heterocycles. The topological polar surface area (TPSA) is 135 Å². The van der Waals surface area contributed by atoms with Gasteiger partial charge in [-0.1, -0.05) is 0 Å². The first-order valence-corrected chi connectivity index (χ1v) is 10.2. The maximum Gasteiger partial charge on any atom is 0.262 e. The number of nitrogens with zero attached hydrogens (tertiary/aromatic N) is 1. The highest BCUT2D eigenvalue weighted by Gasteiger charge is 2.18. The van der Waals surface area contributed by atoms with Gasteiger partial charge in [0.1, 0.15) is 23.2 Å². The van der Waals surface area contributed by atoms with Gasteiger partial charge >= 0.3 is 0 Å². The lowest BCUT2D eigenvalue weighted by atomic mass is 10.2. The molecule has 0 unspecified atom stereocenters. The first-order chi connectivity index (χ1) is 13.4. The third-order valence-corrected chi connectivity index (χ3v) is 5.19. The smallest absolute Gasteiger partial charge is 0.262 e. The predicted molar refractivity (Wildman–Crippen MR) is 101 cm³/mol. The number of rotatable bonds is 6. The van der Waals surface area contributed by atoms with Gasteiger partial charge in [0.2, 0.25) is 10.0 Å². The van der Waals surface area contributed by atoms with E-state index >= 15 is 0 Å². The number of hydrogen-bond donors (Lipinski definition) is 2. The van der Waals surface area contributed by atoms with Gasteiger partial charge in [0.15, 0.2) is 0 Å². The van der Waals surface area contributed by atoms with Crippen LogP contribution in [0.2, 0.25) is 0 Å². The zero-order valence-corrected chi connectivity index (χ0v) is 15.7. The molecule has 1 fully saturated rings. The lowest BCUT2D eigenvalue weighted by Gasteiger charge is -2.09. The molecule has 28 heavy (non-hydrogen) atoms. The number of carbonyl (C=O) groups is 1. The molecule has 1 aromatic heterocycles. The molecular formula is C19H19N3O5S. The van der Waals surface area contributed by atoms with E-state index in [1.54, 1.807) is 24.3 Å². The van der Waals surface area contributed by atoms with Crippen molar-refractivity contribution in [2.75, 3.05) is 13.2 Å². The Labute approximate surface area is 162 Å². The number of nitrogens with two attached hydrogens (primary N) is 1. The zero-order valence-electron chi connectivity index (χ0n) is 14.9. The molecule has 0 aliphatic carbocycles. The Balaban J connectivity index is 1.71. The van der Waals surface area contributed by atoms with Gasteiger partial charge in [-0.25, -0.2) is 13.6 Å². The molecular weight excluding hydrogens is 382 g/mol. The van der Waals surface area contributed by atoms with E-state index in [-0.39, 0.29) is 16.6 Å². The Bertz CT molecular complexity index is 1030. The number of hydrogen-bond acceptors (Lipinski definition) is 6. The lowest BCUT2D eigenvalue weighted by molar-refractivity contribution is -0.117. The van der Waals surface area contributed by atoms with Crippen LogP contribution in [0.25, 0.3) is 17.4 Å². The van der Waals surface area contributed by atoms with Crippen molar-refractivity contribution < 1.29 is 22.4 Å². The van der Waals surface area contributed by atoms with Crippen LogP contribution in [0.4, 0.5) is 0 Å². The molecule has 3 rings (SSSR count). The molecule has 8 nitrogen and oxygen atoms in total. The van der Waals surface area contributed by atoms with Crippen LogP contribution in [0.15, 0.2) is 51.3 Å². The Kier molecular flexibility index (Phi) is 5.94. The third kappa shape index (κ3) is 4.86. The summed E-state index contributed by atoms with van der Waals surface area (Å²) in [5.41, 5.74) is 0.553. The fourth-order valence-electron chi connectivity index (χ4n) is 2.79. The molecule has 1 aliphatic heterocycles. The number of furan rings is 1. The first kappa shape index (κ1) is 19.8. The number of benzene rings is 1. The summed E-state index contributed by atoms with van der Waals surface area (Å²) in [5, 5.41) is 17.0. The molecule has 0 bridgehead atoms. The summed E-state index contributed by atoms with van der Waals surface area (Å²) >= 11 is 0. The second-order valence-electron chi connectivity index (χ2n) is 6.29. The Hall–Kier alpha value is -2.93. The normalized spacial score (nSPS) is 17.3. The van der Waals surface area contributed by atoms with E-state index in [0.717, 1.165) is 12.8 Å². The fraction of sp³-hybridized carbons (Fsp3) is 0.263. The molecule has 9 heteroatoms. The van der Waals surface area contributed by atoms with Crippen LogP contribution in [0.3, 0.4) is 0 Å². The van der Waals surface area contributed by atoms with Crippen LogP contribution < -0.4 is 10.5 Å². The summed E-state index contributed by atoms with van der Waals surface area (Å²) in [6.45, 7) is 1.05. The van der Waals surface area contributed by atoms with Gasteiger partial charge in [-0.2, -0.15) is 5.26 Å². The quantitative estimate of drug-likeness (QED) is 0.560. The number of primary sulfonamides is 1. The summed E-state index contributed by atoms with van der Waals surface area (Å²) in [7, 11) is -3.77. The van der Waals surface area contributed by atoms with E-state index in [1.165, 1.54) is 18.2 Å². The van der Waals surface area contributed by atoms with Crippen molar-refractivity contribution in [1.82, 2.24) is 5.32 Å². The van der Waals surface area contributed by atoms with Crippen molar-refractivity contribution in [1.29, 1.82) is 5.26 Å². The molecule has 0 spiro atoms. The number of carbonyl (C=O) groups excluding carboxylic acids is 1. The molecule has 1 atom stereocenters. The van der Waals surface area contributed by atoms with Crippen molar-refractivity contribution in [2.24, 2.45) is 5.14 Å². The van der Waals surface area contributed by atoms with Crippen LogP contribution >= 0.6 is 0 Å². The summed E-state index contributed by atoms with van der Waals surface area (Å²) < 4.78 is 33.7. The van der Waals surface area contributed by atoms with Crippen LogP contribution in [0.1, 0.15) is 18.6 Å². The molecule has 3 N–H and O–H groups in total. The van der Waals surface area contributed by atoms with Crippen LogP contribution in [0, 0.1) is 11.3 Å². The lowest BCUT2D eigenvalue weighted by Crippen LogP contribution is -2.32. The summed E-state index contributed by atoms with van der Waals surface area (Å²) in [4.78, 5) is 12.2. The van der Waals surface area contributed by atoms with E-state index in [9.17, 15) is 18.5 Å². The van der Waals surface area contributed by atoms with E-state index in [2.05, 4.69) is 5.32 Å². The van der Waals surface area contributed by atoms with Crippen LogP contribution in [-0.2, 0) is 19.6 Å². The minimum absolute atomic E-state index is 0.00222. The zero-order chi connectivity index (χ0) is 20.1. The van der Waals surface area contributed by atoms with E-state index in [4.69, 9.17) is 14.3 Å². The molecule has 146 valence electrons. The van der Waals surface area contributed by atoms with Crippen molar-refractivity contribution in [3.8, 4) is 17.4 Å². The van der Waals surface area contributed by atoms with Crippen molar-refractivity contribution in [3.05, 3.63) is 47.7 Å². The molecule has 1 aromatic carbocycles. The van der Waals surface area contributed by atoms with E-state index in [1.807, 2.05) is 6.07 Å². The minimum Gasteiger partial charge on any atom is -0.457 e. The maximum atomic E-state index is 12.2. The number of ether oxygens (including phenoxy) is 1. The molecule has 0 radical (unpaired) electrons. The van der Waals surface area contributed by atoms with Crippen LogP contribution in [0.5, 0.6) is 0 Å². The highest BCUT2D eigenvalue weighted by atomic mass is 32.2. The molecule has 0 saturated carbocycles. The second-order valence-corrected chi connectivity index (χ2v) is 7.85. The van der Waals surface area contributed by atoms with Gasteiger partial charge in [0, 0.05) is 24.8 Å². The van der Waals surface area contributed by atoms with Gasteiger partial charge in [0.05, 0.1) is 11.0 Å². The molecule has 2 aromatic rings. The number of nitriles is 1. The number of amides is 1. The molecule has 2 heterocycles. The Morgan fingerprint density at radius 1 is 1.29 bits per heavy atom. The van der Waals surface area contributed by atoms with E-state index < -0.39 is 15.9 Å². The highest BCUT2D eigenvalue weighted by Crippen LogP contribution is 2.24. The van der Waals surface area contributed by atoms with Gasteiger partial charge < -0.3 is 14.5 Å². The monoisotopic (exact) mass is 401 g/mol. The third-order valence-electron chi connectivity index (χ3n) is 4.26. The molecule has 1 amide bonds. The predicted octanol–water partition coefficient (Wildman–Crippen LogP) is 1.80. The molecule has 1 aliphatic rings. The van der Waals surface area contributed by atoms with E-state index in [0.29, 0.717) is 30.2 Å². The van der Waals surface area contributed by atoms with Crippen molar-refractivity contribution in [3.63, 3.8) is 0 Å². The van der Waals surface area contributed by atoms with Crippen molar-refractivity contribution in [2.45, 2.75) is 23.8 Å². The average Bonchev–Trinajstić information content (AvgIpc) is 3.35. The first-order valence-electron chi connectivity index (χ1n) is 8.61. The second kappa shape index (κ2) is 8.39. The standard InChI is InChI=1S/C19H19N3O5S/c20-11-14(19(23)22-12-16-2-1-9-26-16)10-15-5-8-18(27-15)13-3-6-17(7-4-13)28(21,24)25/h3-8,10,16H,1-2,9,12H2,(H,22,23)(H2,21,24,25)/b14-10-/t16-/m1/s1. The highest BCUT2D eigenvalue weighted by molar-refractivity contribution is 7.89. The Morgan fingerprint density at radius 2 is 2.04 bits per heavy atom. The van der Waals surface area contributed by atoms with Gasteiger partial charge in [-0.05, 0) is 49.2 Å². The number of nitrogens with one attached hydrogen (secondary N) is 1. The Morgan fingerprint density at radius 3 is 2.64 bits per heavy atom. The van der Waals surface area contributed by atoms with Gasteiger partial charge in [0.25, 0.3) is 5.91 Å². The summed E-state index contributed by atoms with van der Waals surface area (Å²) in [6.07, 6.45) is 3.19. The number of sulfonamides is 1. The maximum absolute atomic E-state index is 12.2. The fourth-order valence-corrected chi connectivity index (χ4v) is 3.31.